The van der Waals surface area contributed by atoms with Crippen LogP contribution in [0.4, 0.5) is 13.2 Å². The maximum absolute atomic E-state index is 12.9. The molecule has 76 valence electrons. The van der Waals surface area contributed by atoms with Crippen molar-refractivity contribution in [2.24, 2.45) is 0 Å². The van der Waals surface area contributed by atoms with E-state index in [0.29, 0.717) is 0 Å². The van der Waals surface area contributed by atoms with E-state index >= 15 is 0 Å². The average molecular weight is 204 g/mol. The highest BCUT2D eigenvalue weighted by atomic mass is 19.3. The second-order valence-corrected chi connectivity index (χ2v) is 2.58. The van der Waals surface area contributed by atoms with Crippen LogP contribution in [0.3, 0.4) is 0 Å². The molecule has 2 nitrogen and oxygen atoms in total. The van der Waals surface area contributed by atoms with Crippen molar-refractivity contribution in [3.63, 3.8) is 0 Å². The van der Waals surface area contributed by atoms with Crippen molar-refractivity contribution in [3.8, 4) is 5.75 Å². The monoisotopic (exact) mass is 204 g/mol. The molecule has 5 heteroatoms. The first-order valence-electron chi connectivity index (χ1n) is 3.76. The van der Waals surface area contributed by atoms with E-state index in [2.05, 4.69) is 4.74 Å². The lowest BCUT2D eigenvalue weighted by molar-refractivity contribution is -0.0499. The number of alkyl halides is 2. The largest absolute Gasteiger partial charge is 0.435 e. The van der Waals surface area contributed by atoms with Crippen LogP contribution in [0.25, 0.3) is 0 Å². The summed E-state index contributed by atoms with van der Waals surface area (Å²) in [5, 5.41) is 0. The van der Waals surface area contributed by atoms with Gasteiger partial charge in [-0.15, -0.1) is 0 Å². The summed E-state index contributed by atoms with van der Waals surface area (Å²) < 4.78 is 40.4. The Balaban J connectivity index is 3.00. The first kappa shape index (κ1) is 10.6. The van der Waals surface area contributed by atoms with Crippen molar-refractivity contribution in [2.45, 2.75) is 13.5 Å². The van der Waals surface area contributed by atoms with Crippen LogP contribution in [0.1, 0.15) is 17.3 Å². The molecule has 0 aromatic heterocycles. The molecule has 0 radical (unpaired) electrons. The minimum Gasteiger partial charge on any atom is -0.435 e. The van der Waals surface area contributed by atoms with Gasteiger partial charge in [-0.25, -0.2) is 4.39 Å². The zero-order chi connectivity index (χ0) is 10.7. The third-order valence-corrected chi connectivity index (χ3v) is 1.54. The molecular formula is C9H7F3O2. The Hall–Kier alpha value is -1.52. The number of hydrogen-bond donors (Lipinski definition) is 0. The van der Waals surface area contributed by atoms with Crippen LogP contribution in [0, 0.1) is 5.82 Å². The molecule has 0 unspecified atom stereocenters. The zero-order valence-corrected chi connectivity index (χ0v) is 7.26. The van der Waals surface area contributed by atoms with Gasteiger partial charge in [-0.2, -0.15) is 8.78 Å². The van der Waals surface area contributed by atoms with Crippen LogP contribution < -0.4 is 4.74 Å². The van der Waals surface area contributed by atoms with Gasteiger partial charge in [0, 0.05) is 0 Å². The Morgan fingerprint density at radius 1 is 1.43 bits per heavy atom. The SMILES string of the molecule is CC(=O)c1cc(OC(F)F)ccc1F. The van der Waals surface area contributed by atoms with E-state index in [1.165, 1.54) is 0 Å². The van der Waals surface area contributed by atoms with E-state index in [4.69, 9.17) is 0 Å². The second-order valence-electron chi connectivity index (χ2n) is 2.58. The number of carbonyl (C=O) groups excluding carboxylic acids is 1. The van der Waals surface area contributed by atoms with Crippen LogP contribution >= 0.6 is 0 Å². The fraction of sp³-hybridized carbons (Fsp3) is 0.222. The van der Waals surface area contributed by atoms with Crippen LogP contribution in [-0.2, 0) is 0 Å². The molecule has 14 heavy (non-hydrogen) atoms. The first-order chi connectivity index (χ1) is 6.50. The van der Waals surface area contributed by atoms with Crippen LogP contribution in [0.15, 0.2) is 18.2 Å². The number of hydrogen-bond acceptors (Lipinski definition) is 2. The summed E-state index contributed by atoms with van der Waals surface area (Å²) in [5.74, 6) is -1.52. The average Bonchev–Trinajstić information content (AvgIpc) is 2.07. The molecule has 1 aromatic carbocycles. The molecule has 0 saturated carbocycles. The number of halogens is 3. The quantitative estimate of drug-likeness (QED) is 0.707. The lowest BCUT2D eigenvalue weighted by Crippen LogP contribution is -2.04. The molecular weight excluding hydrogens is 197 g/mol. The van der Waals surface area contributed by atoms with Crippen molar-refractivity contribution in [3.05, 3.63) is 29.6 Å². The van der Waals surface area contributed by atoms with E-state index in [1.807, 2.05) is 0 Å². The van der Waals surface area contributed by atoms with Gasteiger partial charge < -0.3 is 4.74 Å². The van der Waals surface area contributed by atoms with Gasteiger partial charge in [-0.3, -0.25) is 4.79 Å². The number of rotatable bonds is 3. The Labute approximate surface area is 78.3 Å². The number of carbonyl (C=O) groups is 1. The van der Waals surface area contributed by atoms with Gasteiger partial charge in [-0.05, 0) is 25.1 Å². The van der Waals surface area contributed by atoms with Crippen molar-refractivity contribution in [1.29, 1.82) is 0 Å². The van der Waals surface area contributed by atoms with Gasteiger partial charge in [0.05, 0.1) is 5.56 Å². The predicted octanol–water partition coefficient (Wildman–Crippen LogP) is 2.63. The number of ketones is 1. The van der Waals surface area contributed by atoms with Gasteiger partial charge in [-0.1, -0.05) is 0 Å². The first-order valence-corrected chi connectivity index (χ1v) is 3.76. The lowest BCUT2D eigenvalue weighted by Gasteiger charge is -2.05. The zero-order valence-electron chi connectivity index (χ0n) is 7.26. The van der Waals surface area contributed by atoms with Gasteiger partial charge in [0.25, 0.3) is 0 Å². The van der Waals surface area contributed by atoms with Gasteiger partial charge >= 0.3 is 6.61 Å². The topological polar surface area (TPSA) is 26.3 Å². The van der Waals surface area contributed by atoms with Crippen molar-refractivity contribution >= 4 is 5.78 Å². The van der Waals surface area contributed by atoms with Crippen molar-refractivity contribution in [1.82, 2.24) is 0 Å². The highest BCUT2D eigenvalue weighted by Gasteiger charge is 2.11. The third kappa shape index (κ3) is 2.48. The van der Waals surface area contributed by atoms with Gasteiger partial charge in [0.15, 0.2) is 5.78 Å². The summed E-state index contributed by atoms with van der Waals surface area (Å²) in [4.78, 5) is 10.8. The van der Waals surface area contributed by atoms with Crippen molar-refractivity contribution < 1.29 is 22.7 Å². The van der Waals surface area contributed by atoms with E-state index < -0.39 is 18.2 Å². The number of benzene rings is 1. The summed E-state index contributed by atoms with van der Waals surface area (Å²) in [6.45, 7) is -1.84. The third-order valence-electron chi connectivity index (χ3n) is 1.54. The summed E-state index contributed by atoms with van der Waals surface area (Å²) in [6, 6.07) is 2.90. The Bertz CT molecular complexity index is 350. The molecule has 0 fully saturated rings. The molecule has 0 bridgehead atoms. The Kier molecular flexibility index (Phi) is 3.11. The van der Waals surface area contributed by atoms with E-state index in [-0.39, 0.29) is 11.3 Å². The molecule has 0 N–H and O–H groups in total. The lowest BCUT2D eigenvalue weighted by atomic mass is 10.1. The Morgan fingerprint density at radius 2 is 2.07 bits per heavy atom. The molecule has 0 heterocycles. The smallest absolute Gasteiger partial charge is 0.387 e. The molecule has 0 aliphatic rings. The fourth-order valence-corrected chi connectivity index (χ4v) is 0.950. The standard InChI is InChI=1S/C9H7F3O2/c1-5(13)7-4-6(14-9(11)12)2-3-8(7)10/h2-4,9H,1H3. The summed E-state index contributed by atoms with van der Waals surface area (Å²) in [7, 11) is 0. The van der Waals surface area contributed by atoms with Gasteiger partial charge in [0.2, 0.25) is 0 Å². The molecule has 0 atom stereocenters. The normalized spacial score (nSPS) is 10.4. The Morgan fingerprint density at radius 3 is 2.57 bits per heavy atom. The molecule has 0 saturated heterocycles. The van der Waals surface area contributed by atoms with E-state index in [0.717, 1.165) is 25.1 Å². The highest BCUT2D eigenvalue weighted by Crippen LogP contribution is 2.19. The molecule has 0 aliphatic heterocycles. The summed E-state index contributed by atoms with van der Waals surface area (Å²) >= 11 is 0. The van der Waals surface area contributed by atoms with E-state index in [1.54, 1.807) is 0 Å². The molecule has 0 spiro atoms. The molecule has 1 rings (SSSR count). The molecule has 1 aromatic rings. The number of Topliss-reactive ketones (excluding diaryl/α,β-unsaturated/α-hetero) is 1. The number of ether oxygens (including phenoxy) is 1. The highest BCUT2D eigenvalue weighted by molar-refractivity contribution is 5.94. The molecule has 0 amide bonds. The minimum absolute atomic E-state index is 0.230. The maximum Gasteiger partial charge on any atom is 0.387 e. The minimum atomic E-state index is -2.99. The van der Waals surface area contributed by atoms with E-state index in [9.17, 15) is 18.0 Å². The van der Waals surface area contributed by atoms with Crippen LogP contribution in [0.5, 0.6) is 5.75 Å². The fourth-order valence-electron chi connectivity index (χ4n) is 0.950. The van der Waals surface area contributed by atoms with Crippen molar-refractivity contribution in [2.75, 3.05) is 0 Å². The second kappa shape index (κ2) is 4.13. The predicted molar refractivity (Wildman–Crippen MR) is 43.0 cm³/mol. The summed E-state index contributed by atoms with van der Waals surface area (Å²) in [5.41, 5.74) is -0.261. The van der Waals surface area contributed by atoms with Crippen LogP contribution in [0.2, 0.25) is 0 Å². The van der Waals surface area contributed by atoms with Crippen LogP contribution in [-0.4, -0.2) is 12.4 Å². The van der Waals surface area contributed by atoms with Gasteiger partial charge in [0.1, 0.15) is 11.6 Å². The maximum atomic E-state index is 12.9. The summed E-state index contributed by atoms with van der Waals surface area (Å²) in [6.07, 6.45) is 0. The molecule has 0 aliphatic carbocycles.